The molecule has 0 aliphatic carbocycles. The average Bonchev–Trinajstić information content (AvgIpc) is 2.83. The number of benzene rings is 2. The highest BCUT2D eigenvalue weighted by atomic mass is 35.5. The van der Waals surface area contributed by atoms with Crippen LogP contribution < -0.4 is 0 Å². The third-order valence-electron chi connectivity index (χ3n) is 7.34. The van der Waals surface area contributed by atoms with E-state index in [0.29, 0.717) is 22.6 Å². The van der Waals surface area contributed by atoms with Crippen molar-refractivity contribution in [2.45, 2.75) is 58.0 Å². The van der Waals surface area contributed by atoms with Gasteiger partial charge in [-0.1, -0.05) is 49.2 Å². The van der Waals surface area contributed by atoms with Gasteiger partial charge in [-0.15, -0.1) is 0 Å². The van der Waals surface area contributed by atoms with Crippen molar-refractivity contribution in [3.05, 3.63) is 69.5 Å². The van der Waals surface area contributed by atoms with E-state index in [-0.39, 0.29) is 23.7 Å². The van der Waals surface area contributed by atoms with Gasteiger partial charge in [0.05, 0.1) is 23.6 Å². The third-order valence-corrected chi connectivity index (χ3v) is 9.64. The molecule has 3 rings (SSSR count). The van der Waals surface area contributed by atoms with Gasteiger partial charge in [-0.05, 0) is 61.2 Å². The monoisotopic (exact) mass is 586 g/mol. The van der Waals surface area contributed by atoms with E-state index < -0.39 is 57.6 Å². The van der Waals surface area contributed by atoms with E-state index in [1.165, 1.54) is 23.5 Å². The Labute approximate surface area is 233 Å². The summed E-state index contributed by atoms with van der Waals surface area (Å²) in [6.07, 6.45) is 0.0924. The van der Waals surface area contributed by atoms with Gasteiger partial charge in [0.15, 0.2) is 0 Å². The fourth-order valence-electron chi connectivity index (χ4n) is 5.38. The summed E-state index contributed by atoms with van der Waals surface area (Å²) in [6, 6.07) is 9.86. The molecule has 1 amide bonds. The van der Waals surface area contributed by atoms with E-state index in [1.807, 2.05) is 6.92 Å². The molecule has 2 aromatic carbocycles. The molecular formula is C27H33Cl2FN2O5S. The summed E-state index contributed by atoms with van der Waals surface area (Å²) >= 11 is 12.4. The maximum atomic E-state index is 14.6. The number of hydrogen-bond donors (Lipinski definition) is 1. The van der Waals surface area contributed by atoms with E-state index in [2.05, 4.69) is 0 Å². The van der Waals surface area contributed by atoms with Gasteiger partial charge >= 0.3 is 5.97 Å². The molecule has 1 unspecified atom stereocenters. The molecule has 38 heavy (non-hydrogen) atoms. The highest BCUT2D eigenvalue weighted by Crippen LogP contribution is 2.52. The van der Waals surface area contributed by atoms with Crippen LogP contribution in [0.5, 0.6) is 0 Å². The van der Waals surface area contributed by atoms with Crippen molar-refractivity contribution in [3.8, 4) is 0 Å². The number of hydrogen-bond acceptors (Lipinski definition) is 4. The number of carbonyl (C=O) groups is 2. The third kappa shape index (κ3) is 6.50. The molecule has 0 spiro atoms. The molecule has 4 atom stereocenters. The van der Waals surface area contributed by atoms with Gasteiger partial charge in [0, 0.05) is 35.6 Å². The van der Waals surface area contributed by atoms with Gasteiger partial charge in [-0.3, -0.25) is 9.59 Å². The fraction of sp³-hybridized carbons (Fsp3) is 0.481. The smallest absolute Gasteiger partial charge is 0.304 e. The Balaban J connectivity index is 2.26. The summed E-state index contributed by atoms with van der Waals surface area (Å²) in [5.74, 6) is -2.72. The normalized spacial score (nSPS) is 23.1. The average molecular weight is 588 g/mol. The first-order chi connectivity index (χ1) is 17.7. The Bertz CT molecular complexity index is 1270. The standard InChI is InChI=1S/C27H33Cl2FN2O5S/c1-5-22(16-31(4)38(36,37)6-2)32-25(17-7-9-19(28)10-8-17)23(18-11-20(29)13-21(30)12-18)14-27(3,26(32)35)15-24(33)34/h7-13,22-23,25H,5-6,14-16H2,1-4H3,(H,33,34)/t22?,23-,25-,27-/m1/s1. The molecule has 1 N–H and O–H groups in total. The van der Waals surface area contributed by atoms with Crippen LogP contribution in [0.25, 0.3) is 0 Å². The number of carboxylic acids is 1. The van der Waals surface area contributed by atoms with Gasteiger partial charge in [0.1, 0.15) is 5.82 Å². The predicted molar refractivity (Wildman–Crippen MR) is 146 cm³/mol. The number of halogens is 3. The van der Waals surface area contributed by atoms with Gasteiger partial charge in [0.2, 0.25) is 15.9 Å². The highest BCUT2D eigenvalue weighted by molar-refractivity contribution is 7.89. The lowest BCUT2D eigenvalue weighted by atomic mass is 9.67. The molecule has 1 heterocycles. The van der Waals surface area contributed by atoms with E-state index in [9.17, 15) is 27.5 Å². The Morgan fingerprint density at radius 2 is 1.79 bits per heavy atom. The van der Waals surface area contributed by atoms with E-state index >= 15 is 0 Å². The summed E-state index contributed by atoms with van der Waals surface area (Å²) < 4.78 is 41.0. The largest absolute Gasteiger partial charge is 0.481 e. The molecule has 0 aromatic heterocycles. The van der Waals surface area contributed by atoms with Crippen LogP contribution in [0.1, 0.15) is 63.1 Å². The molecule has 1 fully saturated rings. The maximum absolute atomic E-state index is 14.6. The molecule has 2 aromatic rings. The van der Waals surface area contributed by atoms with Crippen LogP contribution in [-0.2, 0) is 19.6 Å². The predicted octanol–water partition coefficient (Wildman–Crippen LogP) is 5.73. The number of aliphatic carboxylic acids is 1. The molecule has 1 aliphatic rings. The van der Waals surface area contributed by atoms with Gasteiger partial charge in [-0.2, -0.15) is 0 Å². The zero-order valence-electron chi connectivity index (χ0n) is 21.8. The van der Waals surface area contributed by atoms with Crippen molar-refractivity contribution >= 4 is 45.1 Å². The number of carboxylic acid groups (broad SMARTS) is 1. The number of likely N-dealkylation sites (N-methyl/N-ethyl adjacent to an activating group) is 1. The molecule has 11 heteroatoms. The number of piperidine rings is 1. The summed E-state index contributed by atoms with van der Waals surface area (Å²) in [7, 11) is -2.09. The number of likely N-dealkylation sites (tertiary alicyclic amines) is 1. The Morgan fingerprint density at radius 1 is 1.16 bits per heavy atom. The van der Waals surface area contributed by atoms with Crippen molar-refractivity contribution in [3.63, 3.8) is 0 Å². The van der Waals surface area contributed by atoms with Crippen molar-refractivity contribution in [1.82, 2.24) is 9.21 Å². The quantitative estimate of drug-likeness (QED) is 0.383. The second-order valence-corrected chi connectivity index (χ2v) is 13.3. The van der Waals surface area contributed by atoms with E-state index in [1.54, 1.807) is 49.1 Å². The zero-order chi connectivity index (χ0) is 28.4. The second-order valence-electron chi connectivity index (χ2n) is 10.1. The van der Waals surface area contributed by atoms with Crippen molar-refractivity contribution in [2.75, 3.05) is 19.3 Å². The summed E-state index contributed by atoms with van der Waals surface area (Å²) in [4.78, 5) is 27.7. The molecule has 1 saturated heterocycles. The molecule has 0 saturated carbocycles. The van der Waals surface area contributed by atoms with Crippen LogP contribution in [0, 0.1) is 11.2 Å². The lowest BCUT2D eigenvalue weighted by Crippen LogP contribution is -2.58. The summed E-state index contributed by atoms with van der Waals surface area (Å²) in [5, 5.41) is 10.4. The van der Waals surface area contributed by atoms with Crippen LogP contribution in [-0.4, -0.2) is 60.0 Å². The van der Waals surface area contributed by atoms with Crippen LogP contribution in [0.15, 0.2) is 42.5 Å². The second kappa shape index (κ2) is 11.9. The van der Waals surface area contributed by atoms with Crippen molar-refractivity contribution in [1.29, 1.82) is 0 Å². The first kappa shape index (κ1) is 30.3. The maximum Gasteiger partial charge on any atom is 0.304 e. The Morgan fingerprint density at radius 3 is 2.32 bits per heavy atom. The molecule has 1 aliphatic heterocycles. The van der Waals surface area contributed by atoms with Crippen LogP contribution in [0.2, 0.25) is 10.0 Å². The van der Waals surface area contributed by atoms with E-state index in [0.717, 1.165) is 0 Å². The first-order valence-electron chi connectivity index (χ1n) is 12.4. The number of carbonyl (C=O) groups excluding carboxylic acids is 1. The number of rotatable bonds is 10. The van der Waals surface area contributed by atoms with Crippen LogP contribution in [0.3, 0.4) is 0 Å². The minimum Gasteiger partial charge on any atom is -0.481 e. The first-order valence-corrected chi connectivity index (χ1v) is 14.8. The molecule has 208 valence electrons. The summed E-state index contributed by atoms with van der Waals surface area (Å²) in [5.41, 5.74) is -0.0909. The molecule has 0 bridgehead atoms. The van der Waals surface area contributed by atoms with Crippen LogP contribution in [0.4, 0.5) is 4.39 Å². The Hall–Kier alpha value is -2.20. The zero-order valence-corrected chi connectivity index (χ0v) is 24.2. The van der Waals surface area contributed by atoms with Crippen LogP contribution >= 0.6 is 23.2 Å². The number of amides is 1. The lowest BCUT2D eigenvalue weighted by molar-refractivity contribution is -0.160. The number of nitrogens with zero attached hydrogens (tertiary/aromatic N) is 2. The fourth-order valence-corrected chi connectivity index (χ4v) is 6.57. The molecular weight excluding hydrogens is 554 g/mol. The van der Waals surface area contributed by atoms with Gasteiger partial charge in [-0.25, -0.2) is 17.1 Å². The minimum atomic E-state index is -3.56. The lowest BCUT2D eigenvalue weighted by Gasteiger charge is -2.52. The van der Waals surface area contributed by atoms with E-state index in [4.69, 9.17) is 23.2 Å². The number of sulfonamides is 1. The topological polar surface area (TPSA) is 95.0 Å². The van der Waals surface area contributed by atoms with Crippen molar-refractivity contribution in [2.24, 2.45) is 5.41 Å². The SMILES string of the molecule is CCC(CN(C)S(=O)(=O)CC)N1C(=O)[C@@](C)(CC(=O)O)C[C@H](c2cc(F)cc(Cl)c2)[C@H]1c1ccc(Cl)cc1. The summed E-state index contributed by atoms with van der Waals surface area (Å²) in [6.45, 7) is 5.01. The molecule has 7 nitrogen and oxygen atoms in total. The van der Waals surface area contributed by atoms with Crippen molar-refractivity contribution < 1.29 is 27.5 Å². The Kier molecular flexibility index (Phi) is 9.50. The highest BCUT2D eigenvalue weighted by Gasteiger charge is 2.52. The minimum absolute atomic E-state index is 0.0162. The van der Waals surface area contributed by atoms with Gasteiger partial charge < -0.3 is 10.0 Å². The molecule has 0 radical (unpaired) electrons. The van der Waals surface area contributed by atoms with Gasteiger partial charge in [0.25, 0.3) is 0 Å².